The first-order chi connectivity index (χ1) is 32.8. The molecule has 0 aromatic heterocycles. The van der Waals surface area contributed by atoms with E-state index in [9.17, 15) is 24.9 Å². The van der Waals surface area contributed by atoms with Gasteiger partial charge in [-0.2, -0.15) is 0 Å². The Hall–Kier alpha value is -4.47. The molecule has 2 aliphatic carbocycles. The summed E-state index contributed by atoms with van der Waals surface area (Å²) in [6.07, 6.45) is 20.3. The van der Waals surface area contributed by atoms with Gasteiger partial charge in [0.25, 0.3) is 0 Å². The number of unbranched alkanes of at least 4 members (excludes halogenated alkanes) is 11. The van der Waals surface area contributed by atoms with Gasteiger partial charge in [0.2, 0.25) is 5.79 Å². The maximum absolute atomic E-state index is 14.6. The lowest BCUT2D eigenvalue weighted by molar-refractivity contribution is -0.256. The molecule has 5 rings (SSSR count). The third kappa shape index (κ3) is 14.3. The normalized spacial score (nSPS) is 22.2. The molecule has 0 saturated heterocycles. The number of carbonyl (C=O) groups excluding carboxylic acids is 2. The van der Waals surface area contributed by atoms with Crippen molar-refractivity contribution in [3.8, 4) is 23.0 Å². The number of carbonyl (C=O) groups is 2. The van der Waals surface area contributed by atoms with Crippen LogP contribution in [-0.2, 0) is 19.0 Å². The summed E-state index contributed by atoms with van der Waals surface area (Å²) in [7, 11) is 3.03. The summed E-state index contributed by atoms with van der Waals surface area (Å²) in [5, 5.41) is 34.1. The molecule has 67 heavy (non-hydrogen) atoms. The second-order valence-electron chi connectivity index (χ2n) is 17.9. The minimum atomic E-state index is -1.49. The molecule has 2 aromatic rings. The molecule has 1 aliphatic heterocycles. The SMILES string of the molecule is C=CCO[C@@]12Oc3ccc(Oc4ccc(OC)c(C=O)c4)cc3[C@H]3[C@H](CCCCO)[C@@H](CCCCO)C=C(C(=NOC)C[C@@H]1N(CCOCCO)C(=O)OCCCCCCCCCCCC)[C@H]32. The Morgan fingerprint density at radius 2 is 1.57 bits per heavy atom. The predicted octanol–water partition coefficient (Wildman–Crippen LogP) is 9.93. The lowest BCUT2D eigenvalue weighted by atomic mass is 9.55. The molecule has 3 aliphatic rings. The molecule has 0 bridgehead atoms. The molecule has 2 aromatic carbocycles. The highest BCUT2D eigenvalue weighted by Crippen LogP contribution is 2.62. The van der Waals surface area contributed by atoms with Crippen molar-refractivity contribution in [3.05, 3.63) is 71.8 Å². The van der Waals surface area contributed by atoms with Gasteiger partial charge in [0.05, 0.1) is 57.3 Å². The number of hydrogen-bond acceptors (Lipinski definition) is 13. The number of allylic oxidation sites excluding steroid dienone is 1. The van der Waals surface area contributed by atoms with Gasteiger partial charge in [0.1, 0.15) is 36.1 Å². The fourth-order valence-corrected chi connectivity index (χ4v) is 10.4. The molecule has 0 spiro atoms. The highest BCUT2D eigenvalue weighted by molar-refractivity contribution is 6.03. The number of aliphatic hydroxyl groups is 3. The standard InChI is InChI=1S/C53H78N2O12/c1-5-7-8-9-10-11-12-13-14-19-31-64-52(60)55(26-32-63-33-29-58)49-37-46(54-62-4)44-35-39(20-15-17-27-56)43(21-16-18-28-57)50-45-36-42(66-41-22-24-47(61-3)40(34-41)38-59)23-25-48(45)67-53(49,51(44)50)65-30-6-2/h6,22-25,34-36,38-39,43,49-51,56-58H,2,5,7-21,26-33,37H2,1,3-4H3/t39-,43+,49-,50+,51+,53+/m0/s1. The molecule has 14 nitrogen and oxygen atoms in total. The topological polar surface area (TPSA) is 175 Å². The monoisotopic (exact) mass is 935 g/mol. The number of methoxy groups -OCH3 is 1. The number of aliphatic hydroxyl groups excluding tert-OH is 3. The zero-order chi connectivity index (χ0) is 47.9. The van der Waals surface area contributed by atoms with Gasteiger partial charge in [-0.05, 0) is 85.9 Å². The summed E-state index contributed by atoms with van der Waals surface area (Å²) in [5.74, 6) is -0.272. The summed E-state index contributed by atoms with van der Waals surface area (Å²) in [5.41, 5.74) is 2.80. The summed E-state index contributed by atoms with van der Waals surface area (Å²) in [4.78, 5) is 33.8. The second kappa shape index (κ2) is 28.8. The first-order valence-corrected chi connectivity index (χ1v) is 24.9. The van der Waals surface area contributed by atoms with E-state index in [-0.39, 0.29) is 77.0 Å². The van der Waals surface area contributed by atoms with Crippen molar-refractivity contribution >= 4 is 18.1 Å². The number of oxime groups is 1. The van der Waals surface area contributed by atoms with Crippen LogP contribution in [0.25, 0.3) is 0 Å². The van der Waals surface area contributed by atoms with Gasteiger partial charge in [-0.25, -0.2) is 4.79 Å². The molecule has 1 amide bonds. The minimum Gasteiger partial charge on any atom is -0.496 e. The number of amides is 1. The Morgan fingerprint density at radius 1 is 0.866 bits per heavy atom. The molecule has 0 unspecified atom stereocenters. The number of aldehydes is 1. The van der Waals surface area contributed by atoms with Gasteiger partial charge in [-0.1, -0.05) is 94.9 Å². The highest BCUT2D eigenvalue weighted by atomic mass is 16.7. The lowest BCUT2D eigenvalue weighted by Gasteiger charge is -2.59. The summed E-state index contributed by atoms with van der Waals surface area (Å²) < 4.78 is 38.1. The maximum atomic E-state index is 14.6. The number of nitrogens with zero attached hydrogens (tertiary/aromatic N) is 2. The van der Waals surface area contributed by atoms with Crippen LogP contribution < -0.4 is 14.2 Å². The van der Waals surface area contributed by atoms with Crippen LogP contribution in [-0.4, -0.2) is 117 Å². The molecule has 6 atom stereocenters. The van der Waals surface area contributed by atoms with E-state index in [0.29, 0.717) is 47.1 Å². The van der Waals surface area contributed by atoms with Crippen LogP contribution in [0.15, 0.2) is 65.9 Å². The lowest BCUT2D eigenvalue weighted by Crippen LogP contribution is -2.70. The third-order valence-corrected chi connectivity index (χ3v) is 13.5. The van der Waals surface area contributed by atoms with Crippen molar-refractivity contribution in [3.63, 3.8) is 0 Å². The fraction of sp³-hybridized carbons (Fsp3) is 0.642. The van der Waals surface area contributed by atoms with Crippen LogP contribution in [0.3, 0.4) is 0 Å². The van der Waals surface area contributed by atoms with E-state index >= 15 is 0 Å². The van der Waals surface area contributed by atoms with E-state index in [1.807, 2.05) is 18.2 Å². The Balaban J connectivity index is 1.59. The third-order valence-electron chi connectivity index (χ3n) is 13.5. The molecule has 3 N–H and O–H groups in total. The van der Waals surface area contributed by atoms with E-state index in [4.69, 9.17) is 33.3 Å². The Morgan fingerprint density at radius 3 is 2.24 bits per heavy atom. The van der Waals surface area contributed by atoms with Crippen molar-refractivity contribution in [1.82, 2.24) is 4.90 Å². The van der Waals surface area contributed by atoms with E-state index in [0.717, 1.165) is 68.8 Å². The summed E-state index contributed by atoms with van der Waals surface area (Å²) in [6.45, 7) is 6.95. The van der Waals surface area contributed by atoms with Crippen LogP contribution in [0.5, 0.6) is 23.0 Å². The van der Waals surface area contributed by atoms with E-state index in [1.54, 1.807) is 29.2 Å². The number of benzene rings is 2. The van der Waals surface area contributed by atoms with Crippen molar-refractivity contribution in [2.24, 2.45) is 22.9 Å². The summed E-state index contributed by atoms with van der Waals surface area (Å²) >= 11 is 0. The molecule has 372 valence electrons. The molecule has 1 fully saturated rings. The van der Waals surface area contributed by atoms with Gasteiger partial charge in [0.15, 0.2) is 6.29 Å². The Bertz CT molecular complexity index is 1890. The van der Waals surface area contributed by atoms with Gasteiger partial charge in [-0.15, -0.1) is 6.58 Å². The molecular weight excluding hydrogens is 857 g/mol. The van der Waals surface area contributed by atoms with E-state index < -0.39 is 23.8 Å². The molecule has 1 heterocycles. The quantitative estimate of drug-likeness (QED) is 0.0268. The average molecular weight is 935 g/mol. The number of rotatable bonds is 33. The van der Waals surface area contributed by atoms with Gasteiger partial charge < -0.3 is 48.6 Å². The molecular formula is C53H78N2O12. The molecule has 14 heteroatoms. The first kappa shape index (κ1) is 53.5. The van der Waals surface area contributed by atoms with Crippen molar-refractivity contribution in [2.75, 3.05) is 67.0 Å². The Kier molecular flexibility index (Phi) is 23.0. The first-order valence-electron chi connectivity index (χ1n) is 24.9. The van der Waals surface area contributed by atoms with Crippen LogP contribution in [0.4, 0.5) is 4.79 Å². The summed E-state index contributed by atoms with van der Waals surface area (Å²) in [6, 6.07) is 9.98. The van der Waals surface area contributed by atoms with Crippen molar-refractivity contribution in [1.29, 1.82) is 0 Å². The molecule has 0 radical (unpaired) electrons. The van der Waals surface area contributed by atoms with Crippen LogP contribution in [0, 0.1) is 17.8 Å². The molecule has 1 saturated carbocycles. The second-order valence-corrected chi connectivity index (χ2v) is 17.9. The average Bonchev–Trinajstić information content (AvgIpc) is 3.34. The van der Waals surface area contributed by atoms with E-state index in [2.05, 4.69) is 24.7 Å². The predicted molar refractivity (Wildman–Crippen MR) is 258 cm³/mol. The maximum Gasteiger partial charge on any atom is 0.410 e. The minimum absolute atomic E-state index is 0.00146. The van der Waals surface area contributed by atoms with Crippen LogP contribution >= 0.6 is 0 Å². The fourth-order valence-electron chi connectivity index (χ4n) is 10.4. The number of hydrogen-bond donors (Lipinski definition) is 3. The van der Waals surface area contributed by atoms with E-state index in [1.165, 1.54) is 52.7 Å². The van der Waals surface area contributed by atoms with Gasteiger partial charge >= 0.3 is 6.09 Å². The van der Waals surface area contributed by atoms with Crippen molar-refractivity contribution in [2.45, 2.75) is 134 Å². The highest BCUT2D eigenvalue weighted by Gasteiger charge is 2.65. The number of ether oxygens (including phenoxy) is 6. The zero-order valence-electron chi connectivity index (χ0n) is 40.4. The van der Waals surface area contributed by atoms with Crippen LogP contribution in [0.1, 0.15) is 138 Å². The largest absolute Gasteiger partial charge is 0.496 e. The van der Waals surface area contributed by atoms with Crippen LogP contribution in [0.2, 0.25) is 0 Å². The van der Waals surface area contributed by atoms with Gasteiger partial charge in [0, 0.05) is 37.7 Å². The number of fused-ring (bicyclic) bond motifs is 2. The smallest absolute Gasteiger partial charge is 0.410 e. The van der Waals surface area contributed by atoms with Gasteiger partial charge in [-0.3, -0.25) is 9.69 Å². The Labute approximate surface area is 398 Å². The zero-order valence-corrected chi connectivity index (χ0v) is 40.4. The van der Waals surface area contributed by atoms with Crippen molar-refractivity contribution < 1.29 is 58.2 Å².